The molecule has 2 amide bonds. The van der Waals surface area contributed by atoms with Crippen LogP contribution in [-0.4, -0.2) is 24.1 Å². The van der Waals surface area contributed by atoms with Crippen LogP contribution >= 0.6 is 11.8 Å². The van der Waals surface area contributed by atoms with E-state index in [2.05, 4.69) is 43.4 Å². The largest absolute Gasteiger partial charge is 0.350 e. The summed E-state index contributed by atoms with van der Waals surface area (Å²) in [5, 5.41) is 3.01. The van der Waals surface area contributed by atoms with Crippen LogP contribution in [0.3, 0.4) is 0 Å². The van der Waals surface area contributed by atoms with Crippen molar-refractivity contribution in [2.75, 3.05) is 17.2 Å². The van der Waals surface area contributed by atoms with Crippen molar-refractivity contribution >= 4 is 29.3 Å². The molecule has 1 N–H and O–H groups in total. The van der Waals surface area contributed by atoms with Gasteiger partial charge in [-0.05, 0) is 36.1 Å². The van der Waals surface area contributed by atoms with Gasteiger partial charge in [-0.1, -0.05) is 50.2 Å². The minimum Gasteiger partial charge on any atom is -0.350 e. The zero-order valence-corrected chi connectivity index (χ0v) is 17.6. The summed E-state index contributed by atoms with van der Waals surface area (Å²) in [6.07, 6.45) is 0.433. The summed E-state index contributed by atoms with van der Waals surface area (Å²) in [5.41, 5.74) is 3.32. The first-order valence-electron chi connectivity index (χ1n) is 9.87. The number of hydrogen-bond donors (Lipinski definition) is 1. The lowest BCUT2D eigenvalue weighted by molar-refractivity contribution is -0.125. The van der Waals surface area contributed by atoms with Crippen molar-refractivity contribution in [3.05, 3.63) is 59.7 Å². The maximum atomic E-state index is 12.7. The molecule has 0 fully saturated rings. The summed E-state index contributed by atoms with van der Waals surface area (Å²) in [7, 11) is 0. The molecule has 3 rings (SSSR count). The monoisotopic (exact) mass is 396 g/mol. The standard InChI is InChI=1S/C23H28N2O2S/c1-16(2)18-8-10-19(11-9-18)17(3)24-22(26)12-13-23(27)25-14-15-28-21-7-5-4-6-20(21)25/h4-11,16-17H,12-15H2,1-3H3,(H,24,26). The third-order valence-electron chi connectivity index (χ3n) is 5.08. The van der Waals surface area contributed by atoms with Crippen molar-refractivity contribution in [2.24, 2.45) is 0 Å². The van der Waals surface area contributed by atoms with Gasteiger partial charge in [0, 0.05) is 30.0 Å². The summed E-state index contributed by atoms with van der Waals surface area (Å²) in [6.45, 7) is 7.00. The number of fused-ring (bicyclic) bond motifs is 1. The molecule has 1 aliphatic rings. The van der Waals surface area contributed by atoms with Gasteiger partial charge < -0.3 is 10.2 Å². The maximum absolute atomic E-state index is 12.7. The first kappa shape index (κ1) is 20.5. The number of carbonyl (C=O) groups excluding carboxylic acids is 2. The van der Waals surface area contributed by atoms with Crippen LogP contribution in [0.15, 0.2) is 53.4 Å². The second-order valence-corrected chi connectivity index (χ2v) is 8.61. The Hall–Kier alpha value is -2.27. The number of anilines is 1. The highest BCUT2D eigenvalue weighted by atomic mass is 32.2. The number of rotatable bonds is 6. The van der Waals surface area contributed by atoms with Crippen molar-refractivity contribution in [2.45, 2.75) is 50.5 Å². The van der Waals surface area contributed by atoms with Crippen LogP contribution in [0.2, 0.25) is 0 Å². The lowest BCUT2D eigenvalue weighted by Gasteiger charge is -2.29. The summed E-state index contributed by atoms with van der Waals surface area (Å²) in [6, 6.07) is 16.2. The molecule has 1 heterocycles. The Kier molecular flexibility index (Phi) is 6.79. The van der Waals surface area contributed by atoms with Gasteiger partial charge in [0.05, 0.1) is 11.7 Å². The van der Waals surface area contributed by atoms with Gasteiger partial charge in [-0.3, -0.25) is 9.59 Å². The van der Waals surface area contributed by atoms with Crippen LogP contribution in [0.1, 0.15) is 56.7 Å². The number of hydrogen-bond acceptors (Lipinski definition) is 3. The summed E-state index contributed by atoms with van der Waals surface area (Å²) >= 11 is 1.77. The smallest absolute Gasteiger partial charge is 0.227 e. The van der Waals surface area contributed by atoms with E-state index in [-0.39, 0.29) is 30.7 Å². The number of nitrogens with one attached hydrogen (secondary N) is 1. The van der Waals surface area contributed by atoms with Crippen molar-refractivity contribution in [1.29, 1.82) is 0 Å². The molecule has 0 spiro atoms. The number of amides is 2. The summed E-state index contributed by atoms with van der Waals surface area (Å²) in [5.74, 6) is 1.30. The Labute approximate surface area is 171 Å². The first-order chi connectivity index (χ1) is 13.5. The number of benzene rings is 2. The van der Waals surface area contributed by atoms with Gasteiger partial charge in [-0.25, -0.2) is 0 Å². The molecular weight excluding hydrogens is 368 g/mol. The SMILES string of the molecule is CC(C)c1ccc(C(C)NC(=O)CCC(=O)N2CCSc3ccccc32)cc1. The highest BCUT2D eigenvalue weighted by Gasteiger charge is 2.23. The summed E-state index contributed by atoms with van der Waals surface area (Å²) < 4.78 is 0. The predicted molar refractivity (Wildman–Crippen MR) is 116 cm³/mol. The molecule has 1 unspecified atom stereocenters. The van der Waals surface area contributed by atoms with E-state index in [1.54, 1.807) is 11.8 Å². The molecular formula is C23H28N2O2S. The average Bonchev–Trinajstić information content (AvgIpc) is 2.71. The third-order valence-corrected chi connectivity index (χ3v) is 6.12. The molecule has 2 aromatic rings. The number of para-hydroxylation sites is 1. The number of nitrogens with zero attached hydrogens (tertiary/aromatic N) is 1. The molecule has 0 saturated heterocycles. The van der Waals surface area contributed by atoms with E-state index in [0.717, 1.165) is 21.9 Å². The minimum absolute atomic E-state index is 0.0110. The normalized spacial score (nSPS) is 14.5. The molecule has 4 nitrogen and oxygen atoms in total. The molecule has 0 aliphatic carbocycles. The zero-order chi connectivity index (χ0) is 20.1. The van der Waals surface area contributed by atoms with Crippen LogP contribution in [0.25, 0.3) is 0 Å². The quantitative estimate of drug-likeness (QED) is 0.755. The van der Waals surface area contributed by atoms with Crippen molar-refractivity contribution in [1.82, 2.24) is 5.32 Å². The Balaban J connectivity index is 1.52. The Bertz CT molecular complexity index is 833. The highest BCUT2D eigenvalue weighted by Crippen LogP contribution is 2.34. The number of thioether (sulfide) groups is 1. The first-order valence-corrected chi connectivity index (χ1v) is 10.9. The van der Waals surface area contributed by atoms with E-state index in [0.29, 0.717) is 12.5 Å². The van der Waals surface area contributed by atoms with Gasteiger partial charge in [-0.2, -0.15) is 0 Å². The van der Waals surface area contributed by atoms with E-state index in [1.165, 1.54) is 5.56 Å². The molecule has 0 saturated carbocycles. The average molecular weight is 397 g/mol. The van der Waals surface area contributed by atoms with Gasteiger partial charge >= 0.3 is 0 Å². The van der Waals surface area contributed by atoms with Crippen LogP contribution in [0, 0.1) is 0 Å². The van der Waals surface area contributed by atoms with E-state index >= 15 is 0 Å². The fourth-order valence-electron chi connectivity index (χ4n) is 3.35. The Morgan fingerprint density at radius 3 is 2.39 bits per heavy atom. The molecule has 0 aromatic heterocycles. The Morgan fingerprint density at radius 2 is 1.68 bits per heavy atom. The van der Waals surface area contributed by atoms with Crippen LogP contribution in [0.5, 0.6) is 0 Å². The third kappa shape index (κ3) is 4.96. The van der Waals surface area contributed by atoms with Gasteiger partial charge in [-0.15, -0.1) is 11.8 Å². The predicted octanol–water partition coefficient (Wildman–Crippen LogP) is 4.91. The van der Waals surface area contributed by atoms with E-state index in [9.17, 15) is 9.59 Å². The molecule has 1 atom stereocenters. The second-order valence-electron chi connectivity index (χ2n) is 7.47. The maximum Gasteiger partial charge on any atom is 0.227 e. The van der Waals surface area contributed by atoms with Crippen molar-refractivity contribution < 1.29 is 9.59 Å². The van der Waals surface area contributed by atoms with Crippen molar-refractivity contribution in [3.8, 4) is 0 Å². The van der Waals surface area contributed by atoms with Gasteiger partial charge in [0.1, 0.15) is 0 Å². The van der Waals surface area contributed by atoms with Crippen LogP contribution in [0.4, 0.5) is 5.69 Å². The van der Waals surface area contributed by atoms with E-state index < -0.39 is 0 Å². The van der Waals surface area contributed by atoms with E-state index in [1.807, 2.05) is 36.1 Å². The molecule has 1 aliphatic heterocycles. The van der Waals surface area contributed by atoms with Crippen molar-refractivity contribution in [3.63, 3.8) is 0 Å². The number of carbonyl (C=O) groups is 2. The van der Waals surface area contributed by atoms with E-state index in [4.69, 9.17) is 0 Å². The molecule has 2 aromatic carbocycles. The van der Waals surface area contributed by atoms with Gasteiger partial charge in [0.2, 0.25) is 11.8 Å². The topological polar surface area (TPSA) is 49.4 Å². The molecule has 0 bridgehead atoms. The Morgan fingerprint density at radius 1 is 1.00 bits per heavy atom. The van der Waals surface area contributed by atoms with Gasteiger partial charge in [0.15, 0.2) is 0 Å². The molecule has 5 heteroatoms. The zero-order valence-electron chi connectivity index (χ0n) is 16.8. The lowest BCUT2D eigenvalue weighted by atomic mass is 9.99. The highest BCUT2D eigenvalue weighted by molar-refractivity contribution is 7.99. The fraction of sp³-hybridized carbons (Fsp3) is 0.391. The molecule has 148 valence electrons. The van der Waals surface area contributed by atoms with Crippen LogP contribution < -0.4 is 10.2 Å². The second kappa shape index (κ2) is 9.28. The lowest BCUT2D eigenvalue weighted by Crippen LogP contribution is -2.36. The van der Waals surface area contributed by atoms with Gasteiger partial charge in [0.25, 0.3) is 0 Å². The summed E-state index contributed by atoms with van der Waals surface area (Å²) in [4.78, 5) is 28.0. The minimum atomic E-state index is -0.0894. The molecule has 28 heavy (non-hydrogen) atoms. The fourth-order valence-corrected chi connectivity index (χ4v) is 4.35. The van der Waals surface area contributed by atoms with Crippen LogP contribution in [-0.2, 0) is 9.59 Å². The molecule has 0 radical (unpaired) electrons.